The number of para-hydroxylation sites is 1. The Morgan fingerprint density at radius 1 is 1.19 bits per heavy atom. The van der Waals surface area contributed by atoms with Crippen LogP contribution in [0.4, 0.5) is 18.9 Å². The van der Waals surface area contributed by atoms with Crippen LogP contribution in [-0.4, -0.2) is 39.9 Å². The number of nitrogens with one attached hydrogen (secondary N) is 1. The van der Waals surface area contributed by atoms with E-state index in [0.717, 1.165) is 21.6 Å². The Morgan fingerprint density at radius 3 is 2.61 bits per heavy atom. The molecule has 0 radical (unpaired) electrons. The van der Waals surface area contributed by atoms with Gasteiger partial charge in [0.2, 0.25) is 11.8 Å². The van der Waals surface area contributed by atoms with Crippen LogP contribution in [0.5, 0.6) is 0 Å². The topological polar surface area (TPSA) is 84.3 Å². The summed E-state index contributed by atoms with van der Waals surface area (Å²) in [7, 11) is 1.31. The lowest BCUT2D eigenvalue weighted by atomic mass is 10.1. The third-order valence-corrected chi connectivity index (χ3v) is 4.90. The summed E-state index contributed by atoms with van der Waals surface area (Å²) < 4.78 is 40.9. The molecule has 162 valence electrons. The Morgan fingerprint density at radius 2 is 1.90 bits per heavy atom. The minimum Gasteiger partial charge on any atom is -0.335 e. The number of anilines is 1. The summed E-state index contributed by atoms with van der Waals surface area (Å²) in [6.45, 7) is -0.871. The highest BCUT2D eigenvalue weighted by Crippen LogP contribution is 2.34. The molecular formula is C20H16BrF3N4O3. The van der Waals surface area contributed by atoms with E-state index < -0.39 is 41.3 Å². The molecule has 3 rings (SSSR count). The number of fused-ring (bicyclic) bond motifs is 1. The Labute approximate surface area is 182 Å². The summed E-state index contributed by atoms with van der Waals surface area (Å²) in [5.74, 6) is -1.39. The van der Waals surface area contributed by atoms with Gasteiger partial charge in [0.25, 0.3) is 5.56 Å². The molecule has 2 aromatic carbocycles. The lowest BCUT2D eigenvalue weighted by Gasteiger charge is -2.19. The van der Waals surface area contributed by atoms with Crippen LogP contribution < -0.4 is 10.9 Å². The Kier molecular flexibility index (Phi) is 6.44. The standard InChI is InChI=1S/C20H16BrF3N4O3/c1-27(9-17(29)26-16-5-3-2-4-14(16)20(22,23)24)18(30)10-28-11-25-15-7-6-12(21)8-13(15)19(28)31/h2-8,11H,9-10H2,1H3,(H,26,29). The molecule has 7 nitrogen and oxygen atoms in total. The summed E-state index contributed by atoms with van der Waals surface area (Å²) >= 11 is 3.27. The number of carbonyl (C=O) groups excluding carboxylic acids is 2. The average Bonchev–Trinajstić information content (AvgIpc) is 2.70. The lowest BCUT2D eigenvalue weighted by molar-refractivity contribution is -0.137. The molecule has 0 atom stereocenters. The zero-order chi connectivity index (χ0) is 22.8. The van der Waals surface area contributed by atoms with Crippen LogP contribution in [0.1, 0.15) is 5.56 Å². The normalized spacial score (nSPS) is 11.4. The fourth-order valence-corrected chi connectivity index (χ4v) is 3.20. The molecule has 1 heterocycles. The first-order chi connectivity index (χ1) is 14.6. The Balaban J connectivity index is 1.69. The van der Waals surface area contributed by atoms with E-state index in [1.165, 1.54) is 25.5 Å². The van der Waals surface area contributed by atoms with Gasteiger partial charge in [0.1, 0.15) is 6.54 Å². The fraction of sp³-hybridized carbons (Fsp3) is 0.200. The van der Waals surface area contributed by atoms with Crippen molar-refractivity contribution in [1.82, 2.24) is 14.5 Å². The van der Waals surface area contributed by atoms with E-state index in [4.69, 9.17) is 0 Å². The molecule has 1 N–H and O–H groups in total. The van der Waals surface area contributed by atoms with E-state index >= 15 is 0 Å². The maximum absolute atomic E-state index is 13.0. The number of halogens is 4. The molecule has 0 aliphatic heterocycles. The van der Waals surface area contributed by atoms with Crippen LogP contribution >= 0.6 is 15.9 Å². The number of carbonyl (C=O) groups is 2. The number of aromatic nitrogens is 2. The Hall–Kier alpha value is -3.21. The molecule has 0 aliphatic rings. The highest BCUT2D eigenvalue weighted by atomic mass is 79.9. The highest BCUT2D eigenvalue weighted by molar-refractivity contribution is 9.10. The number of amides is 2. The summed E-state index contributed by atoms with van der Waals surface area (Å²) in [4.78, 5) is 42.4. The molecule has 0 spiro atoms. The lowest BCUT2D eigenvalue weighted by Crippen LogP contribution is -2.38. The largest absolute Gasteiger partial charge is 0.418 e. The molecule has 0 bridgehead atoms. The number of benzene rings is 2. The number of hydrogen-bond acceptors (Lipinski definition) is 4. The highest BCUT2D eigenvalue weighted by Gasteiger charge is 2.33. The van der Waals surface area contributed by atoms with Crippen molar-refractivity contribution in [2.45, 2.75) is 12.7 Å². The number of nitrogens with zero attached hydrogens (tertiary/aromatic N) is 3. The van der Waals surface area contributed by atoms with Crippen molar-refractivity contribution >= 4 is 44.3 Å². The average molecular weight is 497 g/mol. The van der Waals surface area contributed by atoms with Gasteiger partial charge in [-0.1, -0.05) is 28.1 Å². The first-order valence-electron chi connectivity index (χ1n) is 8.91. The van der Waals surface area contributed by atoms with E-state index in [1.54, 1.807) is 18.2 Å². The van der Waals surface area contributed by atoms with Crippen molar-refractivity contribution in [3.63, 3.8) is 0 Å². The third kappa shape index (κ3) is 5.29. The van der Waals surface area contributed by atoms with Gasteiger partial charge in [-0.3, -0.25) is 19.0 Å². The fourth-order valence-electron chi connectivity index (χ4n) is 2.84. The molecule has 1 aromatic heterocycles. The van der Waals surface area contributed by atoms with Crippen LogP contribution in [0, 0.1) is 0 Å². The van der Waals surface area contributed by atoms with E-state index in [-0.39, 0.29) is 6.54 Å². The minimum atomic E-state index is -4.63. The predicted molar refractivity (Wildman–Crippen MR) is 111 cm³/mol. The van der Waals surface area contributed by atoms with Crippen LogP contribution in [-0.2, 0) is 22.3 Å². The first-order valence-corrected chi connectivity index (χ1v) is 9.70. The zero-order valence-electron chi connectivity index (χ0n) is 16.1. The van der Waals surface area contributed by atoms with Crippen LogP contribution in [0.25, 0.3) is 10.9 Å². The second-order valence-electron chi connectivity index (χ2n) is 6.68. The van der Waals surface area contributed by atoms with Gasteiger partial charge < -0.3 is 10.2 Å². The van der Waals surface area contributed by atoms with Gasteiger partial charge in [-0.25, -0.2) is 4.98 Å². The molecule has 0 saturated carbocycles. The summed E-state index contributed by atoms with van der Waals surface area (Å²) in [6.07, 6.45) is -3.41. The smallest absolute Gasteiger partial charge is 0.335 e. The summed E-state index contributed by atoms with van der Waals surface area (Å²) in [5.41, 5.74) is -1.36. The Bertz CT molecular complexity index is 1210. The predicted octanol–water partition coefficient (Wildman–Crippen LogP) is 3.27. The van der Waals surface area contributed by atoms with Gasteiger partial charge in [-0.2, -0.15) is 13.2 Å². The van der Waals surface area contributed by atoms with Gasteiger partial charge >= 0.3 is 6.18 Å². The van der Waals surface area contributed by atoms with Gasteiger partial charge in [-0.05, 0) is 30.3 Å². The van der Waals surface area contributed by atoms with Crippen molar-refractivity contribution < 1.29 is 22.8 Å². The zero-order valence-corrected chi connectivity index (χ0v) is 17.7. The van der Waals surface area contributed by atoms with Crippen molar-refractivity contribution in [1.29, 1.82) is 0 Å². The van der Waals surface area contributed by atoms with Gasteiger partial charge in [0, 0.05) is 11.5 Å². The van der Waals surface area contributed by atoms with Crippen LogP contribution in [0.15, 0.2) is 58.1 Å². The van der Waals surface area contributed by atoms with Gasteiger partial charge in [0.15, 0.2) is 0 Å². The van der Waals surface area contributed by atoms with Gasteiger partial charge in [-0.15, -0.1) is 0 Å². The maximum atomic E-state index is 13.0. The molecule has 11 heteroatoms. The number of likely N-dealkylation sites (N-methyl/N-ethyl adjacent to an activating group) is 1. The minimum absolute atomic E-state index is 0.314. The first kappa shape index (κ1) is 22.5. The van der Waals surface area contributed by atoms with E-state index in [2.05, 4.69) is 26.2 Å². The number of alkyl halides is 3. The molecule has 0 unspecified atom stereocenters. The van der Waals surface area contributed by atoms with E-state index in [0.29, 0.717) is 15.4 Å². The monoisotopic (exact) mass is 496 g/mol. The van der Waals surface area contributed by atoms with Crippen molar-refractivity contribution in [2.24, 2.45) is 0 Å². The molecule has 31 heavy (non-hydrogen) atoms. The number of hydrogen-bond donors (Lipinski definition) is 1. The third-order valence-electron chi connectivity index (χ3n) is 4.40. The SMILES string of the molecule is CN(CC(=O)Nc1ccccc1C(F)(F)F)C(=O)Cn1cnc2ccc(Br)cc2c1=O. The summed E-state index contributed by atoms with van der Waals surface area (Å²) in [5, 5.41) is 2.48. The van der Waals surface area contributed by atoms with Gasteiger partial charge in [0.05, 0.1) is 35.0 Å². The van der Waals surface area contributed by atoms with Crippen molar-refractivity contribution in [3.8, 4) is 0 Å². The quantitative estimate of drug-likeness (QED) is 0.587. The second-order valence-corrected chi connectivity index (χ2v) is 7.60. The molecule has 0 fully saturated rings. The molecule has 0 aliphatic carbocycles. The molecule has 2 amide bonds. The van der Waals surface area contributed by atoms with E-state index in [9.17, 15) is 27.6 Å². The second kappa shape index (κ2) is 8.88. The molecular weight excluding hydrogens is 481 g/mol. The maximum Gasteiger partial charge on any atom is 0.418 e. The van der Waals surface area contributed by atoms with Crippen LogP contribution in [0.2, 0.25) is 0 Å². The van der Waals surface area contributed by atoms with Crippen molar-refractivity contribution in [3.05, 3.63) is 69.2 Å². The molecule has 3 aromatic rings. The van der Waals surface area contributed by atoms with Crippen molar-refractivity contribution in [2.75, 3.05) is 18.9 Å². The van der Waals surface area contributed by atoms with E-state index in [1.807, 2.05) is 0 Å². The summed E-state index contributed by atoms with van der Waals surface area (Å²) in [6, 6.07) is 9.51. The molecule has 0 saturated heterocycles. The number of rotatable bonds is 5. The van der Waals surface area contributed by atoms with Crippen LogP contribution in [0.3, 0.4) is 0 Å².